The van der Waals surface area contributed by atoms with Crippen LogP contribution in [-0.2, 0) is 14.6 Å². The number of thioether (sulfide) groups is 1. The van der Waals surface area contributed by atoms with Gasteiger partial charge in [0, 0.05) is 16.9 Å². The Morgan fingerprint density at radius 1 is 1.25 bits per heavy atom. The van der Waals surface area contributed by atoms with E-state index in [1.54, 1.807) is 0 Å². The fraction of sp³-hybridized carbons (Fsp3) is 0.529. The van der Waals surface area contributed by atoms with Gasteiger partial charge in [0.05, 0.1) is 17.5 Å². The summed E-state index contributed by atoms with van der Waals surface area (Å²) in [5.41, 5.74) is 3.14. The SMILES string of the molecule is Cc1ccc(C)c(N2C(=NC(=O)C3CC3)S[C@@H]3CS(=O)(=O)C[C@@H]32)c1. The first kappa shape index (κ1) is 16.1. The molecule has 1 aromatic rings. The molecule has 2 saturated heterocycles. The highest BCUT2D eigenvalue weighted by Crippen LogP contribution is 2.42. The second-order valence-electron chi connectivity index (χ2n) is 6.97. The van der Waals surface area contributed by atoms with Crippen LogP contribution in [0.4, 0.5) is 5.69 Å². The van der Waals surface area contributed by atoms with Gasteiger partial charge < -0.3 is 4.90 Å². The number of carbonyl (C=O) groups excluding carboxylic acids is 1. The maximum atomic E-state index is 12.2. The molecule has 3 aliphatic rings. The summed E-state index contributed by atoms with van der Waals surface area (Å²) in [5.74, 6) is 0.313. The number of carbonyl (C=O) groups is 1. The van der Waals surface area contributed by atoms with Crippen LogP contribution in [0.2, 0.25) is 0 Å². The average molecular weight is 364 g/mol. The van der Waals surface area contributed by atoms with E-state index in [1.807, 2.05) is 30.9 Å². The molecule has 4 rings (SSSR count). The molecular weight excluding hydrogens is 344 g/mol. The smallest absolute Gasteiger partial charge is 0.251 e. The second-order valence-corrected chi connectivity index (χ2v) is 10.3. The summed E-state index contributed by atoms with van der Waals surface area (Å²) in [6.07, 6.45) is 1.84. The fourth-order valence-electron chi connectivity index (χ4n) is 3.34. The van der Waals surface area contributed by atoms with E-state index in [-0.39, 0.29) is 34.6 Å². The fourth-order valence-corrected chi connectivity index (χ4v) is 7.25. The first-order chi connectivity index (χ1) is 11.3. The minimum atomic E-state index is -3.03. The molecule has 1 aliphatic carbocycles. The van der Waals surface area contributed by atoms with Gasteiger partial charge in [-0.15, -0.1) is 0 Å². The number of nitrogens with zero attached hydrogens (tertiary/aromatic N) is 2. The largest absolute Gasteiger partial charge is 0.315 e. The van der Waals surface area contributed by atoms with Crippen molar-refractivity contribution in [1.82, 2.24) is 0 Å². The Balaban J connectivity index is 1.77. The first-order valence-electron chi connectivity index (χ1n) is 8.20. The number of rotatable bonds is 2. The summed E-state index contributed by atoms with van der Waals surface area (Å²) in [4.78, 5) is 18.6. The van der Waals surface area contributed by atoms with Crippen LogP contribution >= 0.6 is 11.8 Å². The number of amides is 1. The molecule has 128 valence electrons. The van der Waals surface area contributed by atoms with E-state index in [0.717, 1.165) is 29.7 Å². The number of hydrogen-bond donors (Lipinski definition) is 0. The zero-order chi connectivity index (χ0) is 17.1. The number of aliphatic imine (C=N–C) groups is 1. The maximum absolute atomic E-state index is 12.2. The van der Waals surface area contributed by atoms with Crippen molar-refractivity contribution in [2.75, 3.05) is 16.4 Å². The van der Waals surface area contributed by atoms with Crippen molar-refractivity contribution >= 4 is 38.4 Å². The summed E-state index contributed by atoms with van der Waals surface area (Å²) in [6, 6.07) is 6.00. The second kappa shape index (κ2) is 5.59. The summed E-state index contributed by atoms with van der Waals surface area (Å²) in [7, 11) is -3.03. The predicted molar refractivity (Wildman–Crippen MR) is 97.4 cm³/mol. The minimum Gasteiger partial charge on any atom is -0.315 e. The molecule has 1 amide bonds. The number of aryl methyl sites for hydroxylation is 2. The van der Waals surface area contributed by atoms with E-state index in [0.29, 0.717) is 5.17 Å². The van der Waals surface area contributed by atoms with Gasteiger partial charge in [-0.3, -0.25) is 4.79 Å². The van der Waals surface area contributed by atoms with E-state index < -0.39 is 9.84 Å². The highest BCUT2D eigenvalue weighted by Gasteiger charge is 2.50. The molecule has 5 nitrogen and oxygen atoms in total. The number of benzene rings is 1. The zero-order valence-electron chi connectivity index (χ0n) is 13.7. The lowest BCUT2D eigenvalue weighted by Crippen LogP contribution is -2.38. The molecule has 7 heteroatoms. The van der Waals surface area contributed by atoms with Crippen LogP contribution in [0, 0.1) is 19.8 Å². The zero-order valence-corrected chi connectivity index (χ0v) is 15.4. The van der Waals surface area contributed by atoms with Crippen LogP contribution in [0.15, 0.2) is 23.2 Å². The Bertz CT molecular complexity index is 843. The van der Waals surface area contributed by atoms with E-state index in [4.69, 9.17) is 0 Å². The molecular formula is C17H20N2O3S2. The van der Waals surface area contributed by atoms with Crippen molar-refractivity contribution in [1.29, 1.82) is 0 Å². The lowest BCUT2D eigenvalue weighted by atomic mass is 10.1. The van der Waals surface area contributed by atoms with Crippen molar-refractivity contribution in [3.8, 4) is 0 Å². The van der Waals surface area contributed by atoms with Crippen molar-refractivity contribution in [3.63, 3.8) is 0 Å². The van der Waals surface area contributed by atoms with Gasteiger partial charge in [0.25, 0.3) is 5.91 Å². The van der Waals surface area contributed by atoms with Gasteiger partial charge in [0.15, 0.2) is 15.0 Å². The maximum Gasteiger partial charge on any atom is 0.251 e. The number of sulfone groups is 1. The predicted octanol–water partition coefficient (Wildman–Crippen LogP) is 2.31. The molecule has 0 N–H and O–H groups in total. The van der Waals surface area contributed by atoms with Crippen LogP contribution in [0.5, 0.6) is 0 Å². The summed E-state index contributed by atoms with van der Waals surface area (Å²) >= 11 is 1.45. The van der Waals surface area contributed by atoms with Gasteiger partial charge in [0.1, 0.15) is 0 Å². The van der Waals surface area contributed by atoms with Crippen molar-refractivity contribution in [2.24, 2.45) is 10.9 Å². The topological polar surface area (TPSA) is 66.8 Å². The van der Waals surface area contributed by atoms with E-state index >= 15 is 0 Å². The van der Waals surface area contributed by atoms with Gasteiger partial charge in [0.2, 0.25) is 0 Å². The van der Waals surface area contributed by atoms with Crippen LogP contribution in [0.25, 0.3) is 0 Å². The third-order valence-corrected chi connectivity index (χ3v) is 8.03. The molecule has 1 saturated carbocycles. The lowest BCUT2D eigenvalue weighted by molar-refractivity contribution is -0.118. The summed E-state index contributed by atoms with van der Waals surface area (Å²) < 4.78 is 24.1. The Morgan fingerprint density at radius 2 is 2.00 bits per heavy atom. The highest BCUT2D eigenvalue weighted by molar-refractivity contribution is 8.16. The summed E-state index contributed by atoms with van der Waals surface area (Å²) in [6.45, 7) is 4.03. The van der Waals surface area contributed by atoms with Crippen molar-refractivity contribution in [3.05, 3.63) is 29.3 Å². The third-order valence-electron chi connectivity index (χ3n) is 4.82. The van der Waals surface area contributed by atoms with Gasteiger partial charge in [-0.05, 0) is 43.9 Å². The summed E-state index contributed by atoms with van der Waals surface area (Å²) in [5, 5.41) is 0.631. The molecule has 24 heavy (non-hydrogen) atoms. The number of fused-ring (bicyclic) bond motifs is 1. The lowest BCUT2D eigenvalue weighted by Gasteiger charge is -2.26. The first-order valence-corrected chi connectivity index (χ1v) is 10.9. The molecule has 1 aromatic carbocycles. The molecule has 0 radical (unpaired) electrons. The van der Waals surface area contributed by atoms with Crippen LogP contribution in [0.3, 0.4) is 0 Å². The Morgan fingerprint density at radius 3 is 2.71 bits per heavy atom. The molecule has 3 fully saturated rings. The van der Waals surface area contributed by atoms with Crippen LogP contribution in [-0.4, -0.2) is 42.3 Å². The van der Waals surface area contributed by atoms with Crippen LogP contribution < -0.4 is 4.90 Å². The van der Waals surface area contributed by atoms with Crippen LogP contribution in [0.1, 0.15) is 24.0 Å². The van der Waals surface area contributed by atoms with Gasteiger partial charge in [-0.25, -0.2) is 8.42 Å². The Labute approximate surface area is 146 Å². The standard InChI is InChI=1S/C17H20N2O3S2/c1-10-3-4-11(2)13(7-10)19-14-8-24(21,22)9-15(14)23-17(19)18-16(20)12-5-6-12/h3-4,7,12,14-15H,5-6,8-9H2,1-2H3/t14-,15+/m0/s1. The van der Waals surface area contributed by atoms with E-state index in [2.05, 4.69) is 11.1 Å². The van der Waals surface area contributed by atoms with Gasteiger partial charge >= 0.3 is 0 Å². The van der Waals surface area contributed by atoms with Gasteiger partial charge in [-0.1, -0.05) is 23.9 Å². The molecule has 2 atom stereocenters. The number of anilines is 1. The highest BCUT2D eigenvalue weighted by atomic mass is 32.2. The Hall–Kier alpha value is -1.34. The van der Waals surface area contributed by atoms with E-state index in [9.17, 15) is 13.2 Å². The minimum absolute atomic E-state index is 0.0411. The average Bonchev–Trinajstić information content (AvgIpc) is 3.23. The third kappa shape index (κ3) is 2.88. The molecule has 2 aliphatic heterocycles. The van der Waals surface area contributed by atoms with E-state index in [1.165, 1.54) is 11.8 Å². The van der Waals surface area contributed by atoms with Gasteiger partial charge in [-0.2, -0.15) is 4.99 Å². The Kier molecular flexibility index (Phi) is 3.76. The number of amidine groups is 1. The molecule has 0 aromatic heterocycles. The molecule has 0 unspecified atom stereocenters. The molecule has 0 spiro atoms. The van der Waals surface area contributed by atoms with Crippen molar-refractivity contribution in [2.45, 2.75) is 38.0 Å². The number of hydrogen-bond acceptors (Lipinski definition) is 4. The van der Waals surface area contributed by atoms with Crippen molar-refractivity contribution < 1.29 is 13.2 Å². The normalized spacial score (nSPS) is 29.9. The monoisotopic (exact) mass is 364 g/mol. The molecule has 2 heterocycles. The molecule has 0 bridgehead atoms. The quantitative estimate of drug-likeness (QED) is 0.806.